The molecule has 0 radical (unpaired) electrons. The molecule has 0 aliphatic rings. The van der Waals surface area contributed by atoms with E-state index in [0.29, 0.717) is 34.5 Å². The molecule has 0 saturated carbocycles. The molecule has 0 bridgehead atoms. The van der Waals surface area contributed by atoms with Crippen LogP contribution in [0.3, 0.4) is 0 Å². The number of hydrogen-bond donors (Lipinski definition) is 2. The average molecular weight is 735 g/mol. The lowest BCUT2D eigenvalue weighted by Gasteiger charge is -2.12. The van der Waals surface area contributed by atoms with Gasteiger partial charge in [-0.1, -0.05) is 114 Å². The van der Waals surface area contributed by atoms with Crippen LogP contribution >= 0.6 is 46.5 Å². The smallest absolute Gasteiger partial charge is 0.234 e. The molecule has 2 N–H and O–H groups in total. The van der Waals surface area contributed by atoms with Crippen LogP contribution in [0.5, 0.6) is 0 Å². The van der Waals surface area contributed by atoms with Crippen molar-refractivity contribution < 1.29 is 9.59 Å². The molecule has 5 aromatic carbocycles. The van der Waals surface area contributed by atoms with Crippen molar-refractivity contribution in [2.24, 2.45) is 0 Å². The summed E-state index contributed by atoms with van der Waals surface area (Å²) in [5.74, 6) is 0.940. The first-order valence-corrected chi connectivity index (χ1v) is 19.0. The van der Waals surface area contributed by atoms with Crippen molar-refractivity contribution in [1.29, 1.82) is 0 Å². The second kappa shape index (κ2) is 15.5. The number of nitrogens with zero attached hydrogens (tertiary/aromatic N) is 4. The Labute approximate surface area is 306 Å². The Kier molecular flexibility index (Phi) is 10.5. The van der Waals surface area contributed by atoms with Crippen molar-refractivity contribution in [3.63, 3.8) is 0 Å². The van der Waals surface area contributed by atoms with Crippen LogP contribution in [0.25, 0.3) is 21.0 Å². The van der Waals surface area contributed by atoms with E-state index in [-0.39, 0.29) is 23.3 Å². The molecule has 0 atom stereocenters. The summed E-state index contributed by atoms with van der Waals surface area (Å²) in [4.78, 5) is 30.3. The van der Waals surface area contributed by atoms with Crippen LogP contribution in [0.4, 0.5) is 11.4 Å². The minimum absolute atomic E-state index is 0.139. The van der Waals surface area contributed by atoms with Crippen molar-refractivity contribution in [2.75, 3.05) is 22.1 Å². The van der Waals surface area contributed by atoms with E-state index in [2.05, 4.69) is 78.9 Å². The van der Waals surface area contributed by atoms with Gasteiger partial charge in [-0.2, -0.15) is 0 Å². The molecule has 0 fully saturated rings. The molecule has 8 nitrogen and oxygen atoms in total. The molecular formula is C38H31ClN6O2S3. The minimum Gasteiger partial charge on any atom is -0.325 e. The number of aryl methyl sites for hydroxylation is 1. The van der Waals surface area contributed by atoms with Gasteiger partial charge in [-0.05, 0) is 64.7 Å². The molecule has 12 heteroatoms. The van der Waals surface area contributed by atoms with Crippen LogP contribution in [0.15, 0.2) is 119 Å². The van der Waals surface area contributed by atoms with E-state index in [4.69, 9.17) is 11.6 Å². The van der Waals surface area contributed by atoms with Gasteiger partial charge in [0, 0.05) is 22.8 Å². The van der Waals surface area contributed by atoms with E-state index in [9.17, 15) is 9.59 Å². The summed E-state index contributed by atoms with van der Waals surface area (Å²) < 4.78 is 3.80. The van der Waals surface area contributed by atoms with Gasteiger partial charge < -0.3 is 15.2 Å². The lowest BCUT2D eigenvalue weighted by atomic mass is 10.0. The topological polar surface area (TPSA) is 102 Å². The highest BCUT2D eigenvalue weighted by molar-refractivity contribution is 8.01. The van der Waals surface area contributed by atoms with E-state index in [1.165, 1.54) is 51.2 Å². The predicted molar refractivity (Wildman–Crippen MR) is 207 cm³/mol. The molecule has 50 heavy (non-hydrogen) atoms. The number of rotatable bonds is 12. The van der Waals surface area contributed by atoms with E-state index >= 15 is 0 Å². The lowest BCUT2D eigenvalue weighted by Crippen LogP contribution is -2.15. The van der Waals surface area contributed by atoms with Crippen LogP contribution < -0.4 is 10.6 Å². The third-order valence-corrected chi connectivity index (χ3v) is 11.5. The molecule has 2 amide bonds. The molecule has 2 heterocycles. The third kappa shape index (κ3) is 8.19. The highest BCUT2D eigenvalue weighted by Gasteiger charge is 2.17. The molecule has 0 unspecified atom stereocenters. The Hall–Kier alpha value is -4.68. The summed E-state index contributed by atoms with van der Waals surface area (Å²) in [6.45, 7) is 2.51. The number of thioether (sulfide) groups is 2. The zero-order valence-corrected chi connectivity index (χ0v) is 30.1. The fourth-order valence-electron chi connectivity index (χ4n) is 5.46. The number of carbonyl (C=O) groups excluding carboxylic acids is 2. The summed E-state index contributed by atoms with van der Waals surface area (Å²) in [7, 11) is 0. The third-order valence-electron chi connectivity index (χ3n) is 7.97. The van der Waals surface area contributed by atoms with Gasteiger partial charge in [0.25, 0.3) is 0 Å². The SMILES string of the molecule is Cc1ccc(NC(=O)CSc2nc3ccc(NC(=O)CSc4nnc(Cc5cccc6ccccc56)n4Cc4ccccc4)cc3s2)cc1Cl. The first-order chi connectivity index (χ1) is 24.4. The van der Waals surface area contributed by atoms with Gasteiger partial charge in [0.05, 0.1) is 28.3 Å². The number of aromatic nitrogens is 4. The maximum absolute atomic E-state index is 13.1. The van der Waals surface area contributed by atoms with Gasteiger partial charge in [-0.25, -0.2) is 4.98 Å². The van der Waals surface area contributed by atoms with Crippen LogP contribution in [-0.4, -0.2) is 43.1 Å². The number of anilines is 2. The quantitative estimate of drug-likeness (QED) is 0.121. The first kappa shape index (κ1) is 33.8. The van der Waals surface area contributed by atoms with E-state index < -0.39 is 0 Å². The number of fused-ring (bicyclic) bond motifs is 2. The summed E-state index contributed by atoms with van der Waals surface area (Å²) in [6.07, 6.45) is 0.620. The lowest BCUT2D eigenvalue weighted by molar-refractivity contribution is -0.114. The fourth-order valence-corrected chi connectivity index (χ4v) is 8.31. The van der Waals surface area contributed by atoms with Crippen molar-refractivity contribution in [2.45, 2.75) is 29.4 Å². The Morgan fingerprint density at radius 2 is 1.52 bits per heavy atom. The van der Waals surface area contributed by atoms with Crippen molar-refractivity contribution >= 4 is 90.6 Å². The number of halogens is 1. The van der Waals surface area contributed by atoms with Crippen molar-refractivity contribution in [3.05, 3.63) is 137 Å². The largest absolute Gasteiger partial charge is 0.325 e. The van der Waals surface area contributed by atoms with E-state index in [1.54, 1.807) is 6.07 Å². The molecule has 250 valence electrons. The number of thiazole rings is 1. The zero-order valence-electron chi connectivity index (χ0n) is 26.9. The molecule has 2 aromatic heterocycles. The summed E-state index contributed by atoms with van der Waals surface area (Å²) in [6, 6.07) is 35.9. The van der Waals surface area contributed by atoms with Gasteiger partial charge >= 0.3 is 0 Å². The van der Waals surface area contributed by atoms with Crippen molar-refractivity contribution in [3.8, 4) is 0 Å². The number of nitrogens with one attached hydrogen (secondary N) is 2. The van der Waals surface area contributed by atoms with E-state index in [1.807, 2.05) is 61.5 Å². The number of hydrogen-bond acceptors (Lipinski definition) is 8. The van der Waals surface area contributed by atoms with Gasteiger partial charge in [0.2, 0.25) is 11.8 Å². The van der Waals surface area contributed by atoms with Crippen LogP contribution in [0, 0.1) is 6.92 Å². The Bertz CT molecular complexity index is 2320. The molecule has 0 saturated heterocycles. The standard InChI is InChI=1S/C38H31ClN6O2S3/c1-24-14-15-28(19-31(24)39)40-36(47)23-49-38-42-32-17-16-29(20-33(32)50-38)41-35(46)22-48-37-44-43-34(45(37)21-25-8-3-2-4-9-25)18-27-12-7-11-26-10-5-6-13-30(26)27/h2-17,19-20H,18,21-23H2,1H3,(H,40,47)(H,41,46). The van der Waals surface area contributed by atoms with Gasteiger partial charge in [0.1, 0.15) is 5.82 Å². The highest BCUT2D eigenvalue weighted by Crippen LogP contribution is 2.32. The van der Waals surface area contributed by atoms with Crippen molar-refractivity contribution in [1.82, 2.24) is 19.7 Å². The second-order valence-corrected chi connectivity index (χ2v) is 15.2. The van der Waals surface area contributed by atoms with Crippen LogP contribution in [-0.2, 0) is 22.6 Å². The summed E-state index contributed by atoms with van der Waals surface area (Å²) in [5.41, 5.74) is 5.41. The van der Waals surface area contributed by atoms with E-state index in [0.717, 1.165) is 31.5 Å². The van der Waals surface area contributed by atoms with Gasteiger partial charge in [-0.3, -0.25) is 9.59 Å². The zero-order chi connectivity index (χ0) is 34.5. The molecular weight excluding hydrogens is 704 g/mol. The van der Waals surface area contributed by atoms with Gasteiger partial charge in [-0.15, -0.1) is 21.5 Å². The Morgan fingerprint density at radius 1 is 0.800 bits per heavy atom. The molecule has 0 aliphatic heterocycles. The molecule has 7 rings (SSSR count). The maximum atomic E-state index is 13.1. The van der Waals surface area contributed by atoms with Crippen LogP contribution in [0.1, 0.15) is 22.5 Å². The summed E-state index contributed by atoms with van der Waals surface area (Å²) in [5, 5.41) is 18.7. The molecule has 7 aromatic rings. The average Bonchev–Trinajstić information content (AvgIpc) is 3.71. The fraction of sp³-hybridized carbons (Fsp3) is 0.132. The Morgan fingerprint density at radius 3 is 2.34 bits per heavy atom. The van der Waals surface area contributed by atoms with Gasteiger partial charge in [0.15, 0.2) is 9.50 Å². The minimum atomic E-state index is -0.147. The second-order valence-electron chi connectivity index (χ2n) is 11.6. The predicted octanol–water partition coefficient (Wildman–Crippen LogP) is 9.10. The number of benzene rings is 5. The highest BCUT2D eigenvalue weighted by atomic mass is 35.5. The normalized spacial score (nSPS) is 11.2. The molecule has 0 spiro atoms. The first-order valence-electron chi connectivity index (χ1n) is 15.8. The molecule has 0 aliphatic carbocycles. The Balaban J connectivity index is 0.993. The number of carbonyl (C=O) groups is 2. The summed E-state index contributed by atoms with van der Waals surface area (Å²) >= 11 is 10.4. The maximum Gasteiger partial charge on any atom is 0.234 e. The number of amides is 2. The van der Waals surface area contributed by atoms with Crippen LogP contribution in [0.2, 0.25) is 5.02 Å². The monoisotopic (exact) mass is 734 g/mol.